The molecule has 0 aliphatic rings. The molecule has 3 aromatic rings. The van der Waals surface area contributed by atoms with E-state index >= 15 is 0 Å². The third kappa shape index (κ3) is 3.69. The Hall–Kier alpha value is -3.28. The van der Waals surface area contributed by atoms with Gasteiger partial charge in [0.2, 0.25) is 0 Å². The first kappa shape index (κ1) is 17.5. The van der Waals surface area contributed by atoms with Gasteiger partial charge < -0.3 is 19.9 Å². The number of rotatable bonds is 6. The van der Waals surface area contributed by atoms with Crippen molar-refractivity contribution < 1.29 is 14.3 Å². The van der Waals surface area contributed by atoms with Gasteiger partial charge in [0.05, 0.1) is 7.11 Å². The minimum Gasteiger partial charge on any atom is -0.497 e. The highest BCUT2D eigenvalue weighted by Gasteiger charge is 2.12. The lowest BCUT2D eigenvalue weighted by atomic mass is 10.2. The van der Waals surface area contributed by atoms with Crippen molar-refractivity contribution in [1.82, 2.24) is 15.2 Å². The number of hydrogen-bond donors (Lipinski definition) is 2. The zero-order valence-corrected chi connectivity index (χ0v) is 14.8. The molecule has 3 rings (SSSR count). The van der Waals surface area contributed by atoms with Crippen LogP contribution in [0, 0.1) is 0 Å². The Morgan fingerprint density at radius 3 is 2.42 bits per heavy atom. The van der Waals surface area contributed by atoms with Crippen LogP contribution in [0.2, 0.25) is 0 Å². The molecule has 0 radical (unpaired) electrons. The van der Waals surface area contributed by atoms with Crippen molar-refractivity contribution in [2.24, 2.45) is 7.05 Å². The molecule has 2 aromatic carbocycles. The number of amides is 2. The fraction of sp³-hybridized carbons (Fsp3) is 0.200. The number of carbonyl (C=O) groups is 2. The van der Waals surface area contributed by atoms with E-state index in [1.807, 2.05) is 41.9 Å². The minimum atomic E-state index is -0.206. The summed E-state index contributed by atoms with van der Waals surface area (Å²) in [5, 5.41) is 6.63. The van der Waals surface area contributed by atoms with Crippen LogP contribution in [0.5, 0.6) is 5.75 Å². The van der Waals surface area contributed by atoms with Crippen molar-refractivity contribution in [3.63, 3.8) is 0 Å². The summed E-state index contributed by atoms with van der Waals surface area (Å²) in [6, 6.07) is 16.6. The summed E-state index contributed by atoms with van der Waals surface area (Å²) in [5.41, 5.74) is 2.11. The van der Waals surface area contributed by atoms with Crippen molar-refractivity contribution in [3.05, 3.63) is 65.9 Å². The molecule has 0 atom stereocenters. The zero-order chi connectivity index (χ0) is 18.5. The molecule has 26 heavy (non-hydrogen) atoms. The number of hydrogen-bond acceptors (Lipinski definition) is 3. The van der Waals surface area contributed by atoms with E-state index in [2.05, 4.69) is 10.6 Å². The number of nitrogens with one attached hydrogen (secondary N) is 2. The van der Waals surface area contributed by atoms with Gasteiger partial charge in [-0.2, -0.15) is 0 Å². The van der Waals surface area contributed by atoms with Gasteiger partial charge in [0.25, 0.3) is 11.8 Å². The average Bonchev–Trinajstić information content (AvgIpc) is 3.02. The summed E-state index contributed by atoms with van der Waals surface area (Å²) in [6.45, 7) is 0.682. The van der Waals surface area contributed by atoms with Crippen LogP contribution in [-0.4, -0.2) is 36.6 Å². The number of para-hydroxylation sites is 1. The van der Waals surface area contributed by atoms with Crippen molar-refractivity contribution in [3.8, 4) is 5.75 Å². The zero-order valence-electron chi connectivity index (χ0n) is 14.8. The standard InChI is InChI=1S/C20H21N3O3/c1-23-17-9-4-3-6-14(17)13-18(23)20(25)22-11-10-21-19(24)15-7-5-8-16(12-15)26-2/h3-9,12-13H,10-11H2,1-2H3,(H,21,24)(H,22,25). The van der Waals surface area contributed by atoms with Crippen LogP contribution in [0.25, 0.3) is 10.9 Å². The Morgan fingerprint density at radius 2 is 1.69 bits per heavy atom. The number of methoxy groups -OCH3 is 1. The van der Waals surface area contributed by atoms with Gasteiger partial charge >= 0.3 is 0 Å². The number of nitrogens with zero attached hydrogens (tertiary/aromatic N) is 1. The largest absolute Gasteiger partial charge is 0.497 e. The molecule has 0 saturated carbocycles. The molecule has 0 unspecified atom stereocenters. The predicted molar refractivity (Wildman–Crippen MR) is 101 cm³/mol. The van der Waals surface area contributed by atoms with E-state index in [1.54, 1.807) is 31.4 Å². The molecule has 2 N–H and O–H groups in total. The van der Waals surface area contributed by atoms with E-state index in [-0.39, 0.29) is 11.8 Å². The van der Waals surface area contributed by atoms with Gasteiger partial charge in [0.15, 0.2) is 0 Å². The van der Waals surface area contributed by atoms with Gasteiger partial charge in [-0.15, -0.1) is 0 Å². The number of fused-ring (bicyclic) bond motifs is 1. The van der Waals surface area contributed by atoms with Crippen molar-refractivity contribution >= 4 is 22.7 Å². The van der Waals surface area contributed by atoms with Crippen LogP contribution >= 0.6 is 0 Å². The Bertz CT molecular complexity index is 946. The summed E-state index contributed by atoms with van der Waals surface area (Å²) >= 11 is 0. The first-order valence-corrected chi connectivity index (χ1v) is 8.35. The minimum absolute atomic E-state index is 0.167. The van der Waals surface area contributed by atoms with Crippen molar-refractivity contribution in [1.29, 1.82) is 0 Å². The third-order valence-electron chi connectivity index (χ3n) is 4.21. The molecule has 0 bridgehead atoms. The first-order chi connectivity index (χ1) is 12.6. The molecule has 0 spiro atoms. The van der Waals surface area contributed by atoms with Gasteiger partial charge in [0.1, 0.15) is 11.4 Å². The van der Waals surface area contributed by atoms with Crippen LogP contribution in [0.15, 0.2) is 54.6 Å². The molecular formula is C20H21N3O3. The first-order valence-electron chi connectivity index (χ1n) is 8.35. The second-order valence-corrected chi connectivity index (χ2v) is 5.89. The van der Waals surface area contributed by atoms with Gasteiger partial charge in [-0.3, -0.25) is 9.59 Å². The van der Waals surface area contributed by atoms with E-state index in [0.29, 0.717) is 30.1 Å². The molecule has 6 nitrogen and oxygen atoms in total. The van der Waals surface area contributed by atoms with Crippen molar-refractivity contribution in [2.75, 3.05) is 20.2 Å². The summed E-state index contributed by atoms with van der Waals surface area (Å²) in [4.78, 5) is 24.5. The van der Waals surface area contributed by atoms with Crippen molar-refractivity contribution in [2.45, 2.75) is 0 Å². The average molecular weight is 351 g/mol. The van der Waals surface area contributed by atoms with Gasteiger partial charge in [-0.25, -0.2) is 0 Å². The smallest absolute Gasteiger partial charge is 0.267 e. The molecule has 0 aliphatic heterocycles. The number of ether oxygens (including phenoxy) is 1. The molecule has 1 heterocycles. The molecule has 0 aliphatic carbocycles. The fourth-order valence-corrected chi connectivity index (χ4v) is 2.82. The molecule has 1 aromatic heterocycles. The van der Waals surface area contributed by atoms with Crippen LogP contribution < -0.4 is 15.4 Å². The van der Waals surface area contributed by atoms with Crippen LogP contribution in [0.3, 0.4) is 0 Å². The van der Waals surface area contributed by atoms with E-state index in [4.69, 9.17) is 4.74 Å². The topological polar surface area (TPSA) is 72.4 Å². The molecule has 0 fully saturated rings. The van der Waals surface area contributed by atoms with Crippen LogP contribution in [0.4, 0.5) is 0 Å². The van der Waals surface area contributed by atoms with E-state index in [1.165, 1.54) is 0 Å². The monoisotopic (exact) mass is 351 g/mol. The second-order valence-electron chi connectivity index (χ2n) is 5.89. The number of aromatic nitrogens is 1. The van der Waals surface area contributed by atoms with Crippen LogP contribution in [0.1, 0.15) is 20.8 Å². The highest BCUT2D eigenvalue weighted by molar-refractivity contribution is 5.98. The van der Waals surface area contributed by atoms with E-state index in [0.717, 1.165) is 10.9 Å². The lowest BCUT2D eigenvalue weighted by Crippen LogP contribution is -2.35. The highest BCUT2D eigenvalue weighted by atomic mass is 16.5. The molecular weight excluding hydrogens is 330 g/mol. The van der Waals surface area contributed by atoms with Gasteiger partial charge in [-0.1, -0.05) is 24.3 Å². The highest BCUT2D eigenvalue weighted by Crippen LogP contribution is 2.18. The summed E-state index contributed by atoms with van der Waals surface area (Å²) < 4.78 is 6.97. The van der Waals surface area contributed by atoms with E-state index in [9.17, 15) is 9.59 Å². The Morgan fingerprint density at radius 1 is 0.962 bits per heavy atom. The maximum Gasteiger partial charge on any atom is 0.267 e. The number of benzene rings is 2. The quantitative estimate of drug-likeness (QED) is 0.670. The molecule has 2 amide bonds. The van der Waals surface area contributed by atoms with Gasteiger partial charge in [-0.05, 0) is 30.3 Å². The maximum absolute atomic E-state index is 12.4. The fourth-order valence-electron chi connectivity index (χ4n) is 2.82. The normalized spacial score (nSPS) is 10.5. The van der Waals surface area contributed by atoms with Gasteiger partial charge in [0, 0.05) is 36.6 Å². The Labute approximate surface area is 151 Å². The lowest BCUT2D eigenvalue weighted by molar-refractivity contribution is 0.0923. The van der Waals surface area contributed by atoms with Crippen LogP contribution in [-0.2, 0) is 7.05 Å². The van der Waals surface area contributed by atoms with E-state index < -0.39 is 0 Å². The third-order valence-corrected chi connectivity index (χ3v) is 4.21. The second kappa shape index (κ2) is 7.74. The predicted octanol–water partition coefficient (Wildman–Crippen LogP) is 2.35. The molecule has 0 saturated heterocycles. The molecule has 6 heteroatoms. The number of aryl methyl sites for hydroxylation is 1. The maximum atomic E-state index is 12.4. The Kier molecular flexibility index (Phi) is 5.22. The SMILES string of the molecule is COc1cccc(C(=O)NCCNC(=O)c2cc3ccccc3n2C)c1. The summed E-state index contributed by atoms with van der Waals surface area (Å²) in [6.07, 6.45) is 0. The Balaban J connectivity index is 1.53. The lowest BCUT2D eigenvalue weighted by Gasteiger charge is -2.09. The summed E-state index contributed by atoms with van der Waals surface area (Å²) in [7, 11) is 3.42. The number of carbonyl (C=O) groups excluding carboxylic acids is 2. The molecule has 134 valence electrons. The summed E-state index contributed by atoms with van der Waals surface area (Å²) in [5.74, 6) is 0.254.